The Morgan fingerprint density at radius 2 is 1.95 bits per heavy atom. The fourth-order valence-corrected chi connectivity index (χ4v) is 2.97. The molecule has 0 amide bonds. The lowest BCUT2D eigenvalue weighted by molar-refractivity contribution is 0.600. The monoisotopic (exact) mass is 391 g/mol. The highest BCUT2D eigenvalue weighted by molar-refractivity contribution is 9.10. The summed E-state index contributed by atoms with van der Waals surface area (Å²) in [6, 6.07) is 8.93. The molecule has 0 aromatic heterocycles. The Hall–Kier alpha value is -1.11. The molecular weight excluding hydrogens is 381 g/mol. The number of benzene rings is 2. The number of anilines is 1. The maximum Gasteiger partial charge on any atom is 0.175 e. The number of rotatable bonds is 4. The fourth-order valence-electron chi connectivity index (χ4n) is 1.74. The van der Waals surface area contributed by atoms with Crippen LogP contribution >= 0.6 is 27.5 Å². The maximum absolute atomic E-state index is 13.7. The summed E-state index contributed by atoms with van der Waals surface area (Å²) in [6.45, 7) is 0.311. The van der Waals surface area contributed by atoms with Gasteiger partial charge in [0.1, 0.15) is 5.82 Å². The summed E-state index contributed by atoms with van der Waals surface area (Å²) in [7, 11) is -3.38. The highest BCUT2D eigenvalue weighted by Gasteiger charge is 2.11. The molecule has 3 nitrogen and oxygen atoms in total. The molecule has 2 aromatic rings. The minimum atomic E-state index is -3.38. The Labute approximate surface area is 136 Å². The van der Waals surface area contributed by atoms with Crippen LogP contribution < -0.4 is 5.32 Å². The van der Waals surface area contributed by atoms with E-state index in [1.807, 2.05) is 0 Å². The third-order valence-corrected chi connectivity index (χ3v) is 4.96. The summed E-state index contributed by atoms with van der Waals surface area (Å²) in [5.74, 6) is -0.513. The van der Waals surface area contributed by atoms with E-state index in [2.05, 4.69) is 21.2 Å². The molecule has 21 heavy (non-hydrogen) atoms. The summed E-state index contributed by atoms with van der Waals surface area (Å²) in [4.78, 5) is 0.0663. The first-order valence-corrected chi connectivity index (χ1v) is 9.01. The third kappa shape index (κ3) is 4.18. The van der Waals surface area contributed by atoms with Gasteiger partial charge < -0.3 is 5.32 Å². The summed E-state index contributed by atoms with van der Waals surface area (Å²) in [5, 5.41) is 3.45. The highest BCUT2D eigenvalue weighted by Crippen LogP contribution is 2.24. The zero-order valence-corrected chi connectivity index (χ0v) is 14.2. The molecule has 0 spiro atoms. The van der Waals surface area contributed by atoms with Crippen molar-refractivity contribution in [3.63, 3.8) is 0 Å². The van der Waals surface area contributed by atoms with E-state index in [1.54, 1.807) is 18.2 Å². The lowest BCUT2D eigenvalue weighted by atomic mass is 10.2. The lowest BCUT2D eigenvalue weighted by Gasteiger charge is -2.11. The smallest absolute Gasteiger partial charge is 0.175 e. The molecule has 7 heteroatoms. The van der Waals surface area contributed by atoms with Crippen molar-refractivity contribution in [3.8, 4) is 0 Å². The van der Waals surface area contributed by atoms with E-state index in [4.69, 9.17) is 11.6 Å². The Bertz CT molecular complexity index is 781. The molecule has 0 aliphatic heterocycles. The topological polar surface area (TPSA) is 46.2 Å². The van der Waals surface area contributed by atoms with Crippen molar-refractivity contribution in [3.05, 3.63) is 57.3 Å². The van der Waals surface area contributed by atoms with Gasteiger partial charge in [-0.1, -0.05) is 27.5 Å². The van der Waals surface area contributed by atoms with Crippen LogP contribution in [0.1, 0.15) is 5.56 Å². The summed E-state index contributed by atoms with van der Waals surface area (Å²) in [6.07, 6.45) is 1.08. The fraction of sp³-hybridized carbons (Fsp3) is 0.143. The van der Waals surface area contributed by atoms with E-state index < -0.39 is 15.7 Å². The molecule has 0 bridgehead atoms. The molecule has 0 saturated carbocycles. The Morgan fingerprint density at radius 3 is 2.62 bits per heavy atom. The maximum atomic E-state index is 13.7. The van der Waals surface area contributed by atoms with Gasteiger partial charge in [0.2, 0.25) is 0 Å². The normalized spacial score (nSPS) is 11.4. The predicted octanol–water partition coefficient (Wildman–Crippen LogP) is 4.26. The molecule has 0 unspecified atom stereocenters. The van der Waals surface area contributed by atoms with Gasteiger partial charge in [-0.05, 0) is 42.0 Å². The SMILES string of the molecule is CS(=O)(=O)c1ccc(F)c(NCc2cc(Cl)ccc2Br)c1. The molecule has 0 saturated heterocycles. The molecular formula is C14H12BrClFNO2S. The second kappa shape index (κ2) is 6.34. The lowest BCUT2D eigenvalue weighted by Crippen LogP contribution is -2.04. The van der Waals surface area contributed by atoms with E-state index in [1.165, 1.54) is 12.1 Å². The van der Waals surface area contributed by atoms with Crippen molar-refractivity contribution in [1.29, 1.82) is 0 Å². The zero-order valence-electron chi connectivity index (χ0n) is 11.0. The minimum absolute atomic E-state index is 0.0663. The largest absolute Gasteiger partial charge is 0.379 e. The van der Waals surface area contributed by atoms with E-state index in [0.29, 0.717) is 11.6 Å². The molecule has 0 aliphatic carbocycles. The molecule has 0 aliphatic rings. The Kier molecular flexibility index (Phi) is 4.91. The first kappa shape index (κ1) is 16.3. The quantitative estimate of drug-likeness (QED) is 0.791. The van der Waals surface area contributed by atoms with Crippen LogP contribution in [0.2, 0.25) is 5.02 Å². The van der Waals surface area contributed by atoms with Gasteiger partial charge in [-0.25, -0.2) is 12.8 Å². The number of hydrogen-bond acceptors (Lipinski definition) is 3. The predicted molar refractivity (Wildman–Crippen MR) is 86.0 cm³/mol. The number of halogens is 3. The van der Waals surface area contributed by atoms with Gasteiger partial charge in [-0.2, -0.15) is 0 Å². The Morgan fingerprint density at radius 1 is 1.24 bits per heavy atom. The van der Waals surface area contributed by atoms with Crippen LogP contribution in [0.4, 0.5) is 10.1 Å². The van der Waals surface area contributed by atoms with E-state index in [-0.39, 0.29) is 10.6 Å². The van der Waals surface area contributed by atoms with E-state index in [0.717, 1.165) is 22.4 Å². The van der Waals surface area contributed by atoms with Crippen LogP contribution in [0.15, 0.2) is 45.8 Å². The van der Waals surface area contributed by atoms with Gasteiger partial charge in [0.25, 0.3) is 0 Å². The van der Waals surface area contributed by atoms with E-state index in [9.17, 15) is 12.8 Å². The number of nitrogens with one attached hydrogen (secondary N) is 1. The summed E-state index contributed by atoms with van der Waals surface area (Å²) >= 11 is 9.29. The first-order chi connectivity index (χ1) is 9.77. The van der Waals surface area contributed by atoms with Gasteiger partial charge in [0.15, 0.2) is 9.84 Å². The third-order valence-electron chi connectivity index (χ3n) is 2.84. The van der Waals surface area contributed by atoms with Crippen LogP contribution in [0.3, 0.4) is 0 Å². The van der Waals surface area contributed by atoms with Gasteiger partial charge in [-0.3, -0.25) is 0 Å². The van der Waals surface area contributed by atoms with Crippen LogP contribution in [0, 0.1) is 5.82 Å². The minimum Gasteiger partial charge on any atom is -0.379 e. The van der Waals surface area contributed by atoms with Crippen LogP contribution in [0.25, 0.3) is 0 Å². The van der Waals surface area contributed by atoms with Crippen molar-refractivity contribution in [2.45, 2.75) is 11.4 Å². The second-order valence-electron chi connectivity index (χ2n) is 4.50. The average Bonchev–Trinajstić information content (AvgIpc) is 2.40. The molecule has 2 aromatic carbocycles. The number of hydrogen-bond donors (Lipinski definition) is 1. The second-order valence-corrected chi connectivity index (χ2v) is 7.81. The van der Waals surface area contributed by atoms with Crippen LogP contribution in [-0.4, -0.2) is 14.7 Å². The average molecular weight is 393 g/mol. The molecule has 0 atom stereocenters. The molecule has 0 fully saturated rings. The van der Waals surface area contributed by atoms with Crippen molar-refractivity contribution in [2.75, 3.05) is 11.6 Å². The molecule has 2 rings (SSSR count). The Balaban J connectivity index is 2.26. The molecule has 1 N–H and O–H groups in total. The van der Waals surface area contributed by atoms with Gasteiger partial charge in [0.05, 0.1) is 10.6 Å². The molecule has 0 radical (unpaired) electrons. The molecule has 112 valence electrons. The van der Waals surface area contributed by atoms with Crippen molar-refractivity contribution >= 4 is 43.1 Å². The first-order valence-electron chi connectivity index (χ1n) is 5.95. The zero-order chi connectivity index (χ0) is 15.6. The molecule has 0 heterocycles. The van der Waals surface area contributed by atoms with Crippen LogP contribution in [-0.2, 0) is 16.4 Å². The van der Waals surface area contributed by atoms with E-state index >= 15 is 0 Å². The van der Waals surface area contributed by atoms with Crippen molar-refractivity contribution in [1.82, 2.24) is 0 Å². The number of sulfone groups is 1. The van der Waals surface area contributed by atoms with Gasteiger partial charge >= 0.3 is 0 Å². The van der Waals surface area contributed by atoms with Crippen LogP contribution in [0.5, 0.6) is 0 Å². The van der Waals surface area contributed by atoms with Gasteiger partial charge in [-0.15, -0.1) is 0 Å². The standard InChI is InChI=1S/C14H12BrClFNO2S/c1-21(19,20)11-3-5-13(17)14(7-11)18-8-9-6-10(16)2-4-12(9)15/h2-7,18H,8H2,1H3. The highest BCUT2D eigenvalue weighted by atomic mass is 79.9. The van der Waals surface area contributed by atoms with Crippen molar-refractivity contribution in [2.24, 2.45) is 0 Å². The van der Waals surface area contributed by atoms with Gasteiger partial charge in [0, 0.05) is 22.3 Å². The summed E-state index contributed by atoms with van der Waals surface area (Å²) < 4.78 is 37.6. The summed E-state index contributed by atoms with van der Waals surface area (Å²) in [5.41, 5.74) is 0.969. The van der Waals surface area contributed by atoms with Crippen molar-refractivity contribution < 1.29 is 12.8 Å².